The topological polar surface area (TPSA) is 219 Å². The molecule has 0 radical (unpaired) electrons. The van der Waals surface area contributed by atoms with Crippen molar-refractivity contribution in [1.29, 1.82) is 0 Å². The molecular weight excluding hydrogens is 268 g/mol. The summed E-state index contributed by atoms with van der Waals surface area (Å²) in [4.78, 5) is 0. The van der Waals surface area contributed by atoms with E-state index in [0.29, 0.717) is 0 Å². The molecule has 0 saturated heterocycles. The first-order chi connectivity index (χ1) is 5.91. The summed E-state index contributed by atoms with van der Waals surface area (Å²) >= 11 is 0. The lowest BCUT2D eigenvalue weighted by atomic mass is 10.4. The monoisotopic (exact) mass is 288 g/mol. The summed E-state index contributed by atoms with van der Waals surface area (Å²) in [6.07, 6.45) is 2.64. The maximum atomic E-state index is 8.74. The molecule has 0 saturated carbocycles. The van der Waals surface area contributed by atoms with Crippen molar-refractivity contribution in [2.45, 2.75) is 26.7 Å². The second-order valence-electron chi connectivity index (χ2n) is 1.90. The molecule has 0 aliphatic heterocycles. The molecule has 0 aliphatic rings. The normalized spacial score (nSPS) is 9.12. The van der Waals surface area contributed by atoms with Crippen LogP contribution >= 0.6 is 0 Å². The van der Waals surface area contributed by atoms with Crippen LogP contribution in [0.1, 0.15) is 26.7 Å². The van der Waals surface area contributed by atoms with Crippen LogP contribution in [0, 0.1) is 0 Å². The van der Waals surface area contributed by atoms with E-state index in [-0.39, 0.29) is 12.3 Å². The van der Waals surface area contributed by atoms with Gasteiger partial charge in [0, 0.05) is 0 Å². The van der Waals surface area contributed by atoms with Gasteiger partial charge >= 0.3 is 20.8 Å². The number of rotatable bonds is 1. The van der Waals surface area contributed by atoms with Gasteiger partial charge in [0.1, 0.15) is 0 Å². The highest BCUT2D eigenvalue weighted by molar-refractivity contribution is 7.80. The third-order valence-electron chi connectivity index (χ3n) is 0.500. The van der Waals surface area contributed by atoms with Crippen molar-refractivity contribution < 1.29 is 35.0 Å². The zero-order valence-electron chi connectivity index (χ0n) is 9.07. The van der Waals surface area contributed by atoms with Gasteiger partial charge in [-0.05, 0) is 0 Å². The van der Waals surface area contributed by atoms with Crippen molar-refractivity contribution in [2.75, 3.05) is 0 Å². The Hall–Kier alpha value is -0.340. The summed E-state index contributed by atoms with van der Waals surface area (Å²) < 4.78 is 63.2. The highest BCUT2D eigenvalue weighted by Gasteiger charge is 1.85. The summed E-state index contributed by atoms with van der Waals surface area (Å²) in [5, 5.41) is 0. The first kappa shape index (κ1) is 29.6. The Bertz CT molecular complexity index is 248. The van der Waals surface area contributed by atoms with Crippen LogP contribution in [0.25, 0.3) is 0 Å². The van der Waals surface area contributed by atoms with E-state index < -0.39 is 20.8 Å². The van der Waals surface area contributed by atoms with Gasteiger partial charge in [0.15, 0.2) is 0 Å². The van der Waals surface area contributed by atoms with E-state index in [1.54, 1.807) is 0 Å². The molecule has 10 N–H and O–H groups in total. The van der Waals surface area contributed by atoms with Gasteiger partial charge in [-0.3, -0.25) is 18.2 Å². The molecule has 106 valence electrons. The molecule has 0 aromatic heterocycles. The molecule has 0 unspecified atom stereocenters. The number of hydrogen-bond donors (Lipinski definition) is 6. The average molecular weight is 288 g/mol. The van der Waals surface area contributed by atoms with Crippen molar-refractivity contribution in [3.8, 4) is 0 Å². The molecule has 0 bridgehead atoms. The van der Waals surface area contributed by atoms with Crippen LogP contribution in [0.5, 0.6) is 0 Å². The molecule has 0 aromatic carbocycles. The second kappa shape index (κ2) is 14.7. The lowest BCUT2D eigenvalue weighted by molar-refractivity contribution is 0.378. The number of unbranched alkanes of at least 4 members (excludes halogenated alkanes) is 1. The van der Waals surface area contributed by atoms with Gasteiger partial charge in [0.2, 0.25) is 0 Å². The third-order valence-corrected chi connectivity index (χ3v) is 0.500. The Labute approximate surface area is 95.4 Å². The molecular formula is C4H20N2O8S2. The smallest absolute Gasteiger partial charge is 0.344 e. The largest absolute Gasteiger partial charge is 0.394 e. The van der Waals surface area contributed by atoms with Gasteiger partial charge < -0.3 is 12.3 Å². The summed E-state index contributed by atoms with van der Waals surface area (Å²) in [5.74, 6) is 0. The number of hydrogen-bond acceptors (Lipinski definition) is 6. The maximum absolute atomic E-state index is 8.74. The molecule has 0 heterocycles. The lowest BCUT2D eigenvalue weighted by Gasteiger charge is -1.68. The zero-order valence-corrected chi connectivity index (χ0v) is 10.7. The SMILES string of the molecule is CCCC.N.N.O=S(=O)(O)O.O=S(=O)(O)O. The van der Waals surface area contributed by atoms with E-state index in [2.05, 4.69) is 13.8 Å². The van der Waals surface area contributed by atoms with E-state index >= 15 is 0 Å². The van der Waals surface area contributed by atoms with Gasteiger partial charge in [0.25, 0.3) is 0 Å². The Morgan fingerprint density at radius 2 is 0.750 bits per heavy atom. The van der Waals surface area contributed by atoms with Crippen molar-refractivity contribution >= 4 is 20.8 Å². The van der Waals surface area contributed by atoms with Crippen LogP contribution in [0.4, 0.5) is 0 Å². The maximum Gasteiger partial charge on any atom is 0.394 e. The zero-order chi connectivity index (χ0) is 12.4. The molecule has 0 aliphatic carbocycles. The van der Waals surface area contributed by atoms with Gasteiger partial charge in [-0.25, -0.2) is 0 Å². The average Bonchev–Trinajstić information content (AvgIpc) is 1.79. The Balaban J connectivity index is -0.0000000358. The Morgan fingerprint density at radius 3 is 0.750 bits per heavy atom. The Morgan fingerprint density at radius 1 is 0.688 bits per heavy atom. The predicted octanol–water partition coefficient (Wildman–Crippen LogP) is 0.825. The van der Waals surface area contributed by atoms with Crippen molar-refractivity contribution in [3.63, 3.8) is 0 Å². The highest BCUT2D eigenvalue weighted by atomic mass is 32.3. The standard InChI is InChI=1S/C4H10.2H3N.2H2O4S/c1-3-4-2;;;2*1-5(2,3)4/h3-4H2,1-2H3;2*1H3;2*(H2,1,2,3,4). The minimum Gasteiger partial charge on any atom is -0.344 e. The van der Waals surface area contributed by atoms with Gasteiger partial charge in [-0.2, -0.15) is 16.8 Å². The van der Waals surface area contributed by atoms with E-state index in [1.807, 2.05) is 0 Å². The van der Waals surface area contributed by atoms with Crippen LogP contribution in [0.15, 0.2) is 0 Å². The minimum absolute atomic E-state index is 0. The van der Waals surface area contributed by atoms with Gasteiger partial charge in [-0.1, -0.05) is 26.7 Å². The highest BCUT2D eigenvalue weighted by Crippen LogP contribution is 1.76. The van der Waals surface area contributed by atoms with Crippen LogP contribution in [0.2, 0.25) is 0 Å². The van der Waals surface area contributed by atoms with E-state index in [4.69, 9.17) is 35.0 Å². The summed E-state index contributed by atoms with van der Waals surface area (Å²) in [7, 11) is -9.33. The fourth-order valence-electron chi connectivity index (χ4n) is 0. The fraction of sp³-hybridized carbons (Fsp3) is 1.00. The summed E-state index contributed by atoms with van der Waals surface area (Å²) in [6.45, 7) is 4.36. The van der Waals surface area contributed by atoms with Crippen molar-refractivity contribution in [1.82, 2.24) is 12.3 Å². The fourth-order valence-corrected chi connectivity index (χ4v) is 0. The van der Waals surface area contributed by atoms with Crippen molar-refractivity contribution in [3.05, 3.63) is 0 Å². The Kier molecular flexibility index (Phi) is 27.1. The molecule has 0 amide bonds. The first-order valence-electron chi connectivity index (χ1n) is 3.31. The molecule has 0 atom stereocenters. The third kappa shape index (κ3) is 5030. The molecule has 0 spiro atoms. The van der Waals surface area contributed by atoms with Gasteiger partial charge in [-0.15, -0.1) is 0 Å². The van der Waals surface area contributed by atoms with Gasteiger partial charge in [0.05, 0.1) is 0 Å². The summed E-state index contributed by atoms with van der Waals surface area (Å²) in [6, 6.07) is 0. The van der Waals surface area contributed by atoms with Crippen LogP contribution in [-0.4, -0.2) is 35.0 Å². The van der Waals surface area contributed by atoms with Crippen LogP contribution in [-0.2, 0) is 20.8 Å². The van der Waals surface area contributed by atoms with Crippen LogP contribution in [0.3, 0.4) is 0 Å². The molecule has 0 rings (SSSR count). The predicted molar refractivity (Wildman–Crippen MR) is 59.0 cm³/mol. The molecule has 10 nitrogen and oxygen atoms in total. The van der Waals surface area contributed by atoms with Crippen LogP contribution < -0.4 is 12.3 Å². The molecule has 0 aromatic rings. The first-order valence-corrected chi connectivity index (χ1v) is 6.11. The second-order valence-corrected chi connectivity index (χ2v) is 3.69. The van der Waals surface area contributed by atoms with E-state index in [0.717, 1.165) is 0 Å². The molecule has 12 heteroatoms. The van der Waals surface area contributed by atoms with E-state index in [1.165, 1.54) is 12.8 Å². The minimum atomic E-state index is -4.67. The summed E-state index contributed by atoms with van der Waals surface area (Å²) in [5.41, 5.74) is 0. The van der Waals surface area contributed by atoms with E-state index in [9.17, 15) is 0 Å². The molecule has 16 heavy (non-hydrogen) atoms. The lowest BCUT2D eigenvalue weighted by Crippen LogP contribution is -1.89. The quantitative estimate of drug-likeness (QED) is 0.373. The van der Waals surface area contributed by atoms with Crippen molar-refractivity contribution in [2.24, 2.45) is 0 Å². The molecule has 0 fully saturated rings.